The normalized spacial score (nSPS) is 15.9. The zero-order valence-corrected chi connectivity index (χ0v) is 21.6. The van der Waals surface area contributed by atoms with Gasteiger partial charge in [0.1, 0.15) is 0 Å². The van der Waals surface area contributed by atoms with E-state index in [0.717, 1.165) is 55.0 Å². The molecule has 0 saturated carbocycles. The van der Waals surface area contributed by atoms with Gasteiger partial charge in [-0.1, -0.05) is 6.08 Å². The maximum Gasteiger partial charge on any atom is 0.417 e. The molecular formula is C27H28F3N7O2. The second kappa shape index (κ2) is 10.5. The van der Waals surface area contributed by atoms with Gasteiger partial charge in [0.05, 0.1) is 40.6 Å². The maximum absolute atomic E-state index is 13.0. The number of carbonyl (C=O) groups excluding carboxylic acids is 2. The molecule has 1 saturated heterocycles. The number of amides is 3. The number of nitrogens with zero attached hydrogens (tertiary/aromatic N) is 6. The zero-order chi connectivity index (χ0) is 27.7. The molecule has 204 valence electrons. The van der Waals surface area contributed by atoms with Gasteiger partial charge in [0.15, 0.2) is 5.82 Å². The standard InChI is InChI=1S/C27H28F3N7O2/c1-17-13-21(15-32-24(17)19-7-11-36(12-8-19)26(39)35-9-3-4-10-35)34-25(38)22-16-33-37(18(22)2)23-6-5-20(14-31-23)27(28,29)30/h5-7,13-16H,3-4,8-12H2,1-2H3,(H,34,38). The van der Waals surface area contributed by atoms with Crippen LogP contribution in [0.25, 0.3) is 11.4 Å². The summed E-state index contributed by atoms with van der Waals surface area (Å²) in [5.74, 6) is -0.254. The topological polar surface area (TPSA) is 96.2 Å². The molecule has 0 spiro atoms. The zero-order valence-electron chi connectivity index (χ0n) is 21.6. The van der Waals surface area contributed by atoms with Gasteiger partial charge < -0.3 is 15.1 Å². The number of urea groups is 1. The number of pyridine rings is 2. The third-order valence-corrected chi connectivity index (χ3v) is 7.04. The van der Waals surface area contributed by atoms with Crippen molar-refractivity contribution in [3.63, 3.8) is 0 Å². The Bertz CT molecular complexity index is 1420. The van der Waals surface area contributed by atoms with Crippen LogP contribution in [0.4, 0.5) is 23.7 Å². The van der Waals surface area contributed by atoms with Crippen LogP contribution in [0.15, 0.2) is 42.9 Å². The highest BCUT2D eigenvalue weighted by Crippen LogP contribution is 2.29. The molecule has 1 N–H and O–H groups in total. The first-order valence-corrected chi connectivity index (χ1v) is 12.7. The van der Waals surface area contributed by atoms with E-state index in [-0.39, 0.29) is 17.4 Å². The number of carbonyl (C=O) groups is 2. The minimum atomic E-state index is -4.49. The number of aryl methyl sites for hydroxylation is 1. The number of hydrogen-bond donors (Lipinski definition) is 1. The molecule has 3 aromatic heterocycles. The molecule has 0 unspecified atom stereocenters. The third-order valence-electron chi connectivity index (χ3n) is 7.04. The van der Waals surface area contributed by atoms with Gasteiger partial charge in [0.25, 0.3) is 5.91 Å². The summed E-state index contributed by atoms with van der Waals surface area (Å²) in [6, 6.07) is 4.06. The van der Waals surface area contributed by atoms with Crippen LogP contribution in [-0.2, 0) is 6.18 Å². The van der Waals surface area contributed by atoms with Crippen molar-refractivity contribution >= 4 is 23.2 Å². The Morgan fingerprint density at radius 1 is 0.974 bits per heavy atom. The lowest BCUT2D eigenvalue weighted by Crippen LogP contribution is -2.43. The third kappa shape index (κ3) is 5.50. The fourth-order valence-electron chi connectivity index (χ4n) is 4.89. The summed E-state index contributed by atoms with van der Waals surface area (Å²) < 4.78 is 39.8. The quantitative estimate of drug-likeness (QED) is 0.511. The summed E-state index contributed by atoms with van der Waals surface area (Å²) in [6.07, 6.45) is 4.04. The fourth-order valence-corrected chi connectivity index (χ4v) is 4.89. The Labute approximate surface area is 223 Å². The molecule has 5 heterocycles. The molecule has 3 aromatic rings. The first-order chi connectivity index (χ1) is 18.6. The first-order valence-electron chi connectivity index (χ1n) is 12.7. The SMILES string of the molecule is Cc1cc(NC(=O)c2cnn(-c3ccc(C(F)(F)F)cn3)c2C)cnc1C1=CCN(C(=O)N2CCCC2)CC1. The summed E-state index contributed by atoms with van der Waals surface area (Å²) >= 11 is 0. The van der Waals surface area contributed by atoms with E-state index in [1.54, 1.807) is 13.1 Å². The molecule has 0 atom stereocenters. The van der Waals surface area contributed by atoms with Crippen molar-refractivity contribution < 1.29 is 22.8 Å². The van der Waals surface area contributed by atoms with E-state index in [1.165, 1.54) is 16.9 Å². The van der Waals surface area contributed by atoms with Crippen molar-refractivity contribution in [3.05, 3.63) is 70.9 Å². The molecule has 0 aliphatic carbocycles. The van der Waals surface area contributed by atoms with Crippen LogP contribution >= 0.6 is 0 Å². The lowest BCUT2D eigenvalue weighted by Gasteiger charge is -2.30. The van der Waals surface area contributed by atoms with Crippen LogP contribution in [0.3, 0.4) is 0 Å². The number of aromatic nitrogens is 4. The molecule has 0 bridgehead atoms. The molecule has 9 nitrogen and oxygen atoms in total. The number of alkyl halides is 3. The van der Waals surface area contributed by atoms with Crippen molar-refractivity contribution in [2.75, 3.05) is 31.5 Å². The van der Waals surface area contributed by atoms with Gasteiger partial charge in [-0.25, -0.2) is 14.5 Å². The van der Waals surface area contributed by atoms with E-state index >= 15 is 0 Å². The lowest BCUT2D eigenvalue weighted by atomic mass is 10.0. The van der Waals surface area contributed by atoms with Gasteiger partial charge >= 0.3 is 12.2 Å². The van der Waals surface area contributed by atoms with Crippen molar-refractivity contribution in [3.8, 4) is 5.82 Å². The van der Waals surface area contributed by atoms with Gasteiger partial charge in [-0.3, -0.25) is 9.78 Å². The fraction of sp³-hybridized carbons (Fsp3) is 0.370. The Kier molecular flexibility index (Phi) is 7.11. The van der Waals surface area contributed by atoms with Gasteiger partial charge in [-0.2, -0.15) is 18.3 Å². The maximum atomic E-state index is 13.0. The molecule has 12 heteroatoms. The Balaban J connectivity index is 1.25. The second-order valence-electron chi connectivity index (χ2n) is 9.70. The number of rotatable bonds is 4. The van der Waals surface area contributed by atoms with Crippen molar-refractivity contribution in [2.45, 2.75) is 39.3 Å². The van der Waals surface area contributed by atoms with Crippen LogP contribution in [0.5, 0.6) is 0 Å². The van der Waals surface area contributed by atoms with Crippen LogP contribution < -0.4 is 5.32 Å². The summed E-state index contributed by atoms with van der Waals surface area (Å²) in [4.78, 5) is 37.8. The largest absolute Gasteiger partial charge is 0.417 e. The molecule has 5 rings (SSSR count). The van der Waals surface area contributed by atoms with Crippen LogP contribution in [0.1, 0.15) is 52.1 Å². The van der Waals surface area contributed by atoms with Gasteiger partial charge in [0, 0.05) is 32.4 Å². The lowest BCUT2D eigenvalue weighted by molar-refractivity contribution is -0.137. The molecule has 3 amide bonds. The molecule has 1 fully saturated rings. The number of nitrogens with one attached hydrogen (secondary N) is 1. The summed E-state index contributed by atoms with van der Waals surface area (Å²) in [6.45, 7) is 6.39. The minimum Gasteiger partial charge on any atom is -0.325 e. The highest BCUT2D eigenvalue weighted by Gasteiger charge is 2.31. The van der Waals surface area contributed by atoms with E-state index in [2.05, 4.69) is 20.4 Å². The van der Waals surface area contributed by atoms with E-state index < -0.39 is 17.6 Å². The Hall–Kier alpha value is -4.22. The summed E-state index contributed by atoms with van der Waals surface area (Å²) in [5, 5.41) is 6.95. The summed E-state index contributed by atoms with van der Waals surface area (Å²) in [7, 11) is 0. The molecule has 0 radical (unpaired) electrons. The molecule has 39 heavy (non-hydrogen) atoms. The summed E-state index contributed by atoms with van der Waals surface area (Å²) in [5.41, 5.74) is 3.12. The monoisotopic (exact) mass is 539 g/mol. The number of likely N-dealkylation sites (tertiary alicyclic amines) is 1. The smallest absolute Gasteiger partial charge is 0.325 e. The van der Waals surface area contributed by atoms with Gasteiger partial charge in [0.2, 0.25) is 0 Å². The van der Waals surface area contributed by atoms with E-state index in [1.807, 2.05) is 28.9 Å². The van der Waals surface area contributed by atoms with E-state index in [4.69, 9.17) is 0 Å². The highest BCUT2D eigenvalue weighted by molar-refractivity contribution is 6.05. The predicted octanol–water partition coefficient (Wildman–Crippen LogP) is 4.86. The predicted molar refractivity (Wildman–Crippen MR) is 138 cm³/mol. The van der Waals surface area contributed by atoms with Crippen LogP contribution in [0.2, 0.25) is 0 Å². The molecular weight excluding hydrogens is 511 g/mol. The number of anilines is 1. The van der Waals surface area contributed by atoms with Gasteiger partial charge in [-0.15, -0.1) is 0 Å². The Morgan fingerprint density at radius 2 is 1.74 bits per heavy atom. The highest BCUT2D eigenvalue weighted by atomic mass is 19.4. The van der Waals surface area contributed by atoms with Crippen LogP contribution in [-0.4, -0.2) is 67.7 Å². The van der Waals surface area contributed by atoms with Crippen molar-refractivity contribution in [1.29, 1.82) is 0 Å². The van der Waals surface area contributed by atoms with Crippen molar-refractivity contribution in [2.24, 2.45) is 0 Å². The molecule has 2 aliphatic heterocycles. The average molecular weight is 540 g/mol. The first kappa shape index (κ1) is 26.4. The van der Waals surface area contributed by atoms with Gasteiger partial charge in [-0.05, 0) is 62.4 Å². The minimum absolute atomic E-state index is 0.0956. The van der Waals surface area contributed by atoms with Crippen molar-refractivity contribution in [1.82, 2.24) is 29.5 Å². The Morgan fingerprint density at radius 3 is 2.36 bits per heavy atom. The molecule has 0 aromatic carbocycles. The number of hydrogen-bond acceptors (Lipinski definition) is 5. The second-order valence-corrected chi connectivity index (χ2v) is 9.70. The van der Waals surface area contributed by atoms with E-state index in [0.29, 0.717) is 30.9 Å². The van der Waals surface area contributed by atoms with E-state index in [9.17, 15) is 22.8 Å². The molecule has 2 aliphatic rings. The van der Waals surface area contributed by atoms with Crippen LogP contribution in [0, 0.1) is 13.8 Å². The number of halogens is 3. The average Bonchev–Trinajstić information content (AvgIpc) is 3.58.